The molecular weight excluding hydrogens is 394 g/mol. The Kier molecular flexibility index (Phi) is 8.02. The first-order valence-electron chi connectivity index (χ1n) is 10.4. The van der Waals surface area contributed by atoms with E-state index in [1.807, 2.05) is 0 Å². The smallest absolute Gasteiger partial charge is 0.324 e. The van der Waals surface area contributed by atoms with Crippen LogP contribution in [0.3, 0.4) is 0 Å². The first kappa shape index (κ1) is 21.4. The van der Waals surface area contributed by atoms with Gasteiger partial charge in [-0.25, -0.2) is 9.78 Å². The summed E-state index contributed by atoms with van der Waals surface area (Å²) in [7, 11) is 0. The van der Waals surface area contributed by atoms with Crippen LogP contribution in [0.15, 0.2) is 10.4 Å². The second-order valence-corrected chi connectivity index (χ2v) is 10.1. The highest BCUT2D eigenvalue weighted by molar-refractivity contribution is 8.01. The lowest BCUT2D eigenvalue weighted by Gasteiger charge is -2.38. The number of carbonyl (C=O) groups excluding carboxylic acids is 2. The van der Waals surface area contributed by atoms with Crippen molar-refractivity contribution < 1.29 is 14.3 Å². The van der Waals surface area contributed by atoms with Crippen LogP contribution in [0, 0.1) is 5.92 Å². The molecule has 1 aromatic rings. The van der Waals surface area contributed by atoms with Gasteiger partial charge in [0.25, 0.3) is 0 Å². The first-order valence-corrected chi connectivity index (χ1v) is 12.2. The summed E-state index contributed by atoms with van der Waals surface area (Å²) >= 11 is 2.81. The van der Waals surface area contributed by atoms with Crippen LogP contribution in [-0.4, -0.2) is 46.3 Å². The minimum Gasteiger partial charge on any atom is -0.465 e. The molecule has 1 heterocycles. The third-order valence-electron chi connectivity index (χ3n) is 5.60. The molecule has 2 atom stereocenters. The Morgan fingerprint density at radius 1 is 1.25 bits per heavy atom. The minimum atomic E-state index is -0.231. The van der Waals surface area contributed by atoms with E-state index in [-0.39, 0.29) is 17.8 Å². The number of amides is 2. The van der Waals surface area contributed by atoms with E-state index in [1.165, 1.54) is 48.8 Å². The number of anilines is 1. The topological polar surface area (TPSA) is 71.5 Å². The fourth-order valence-corrected chi connectivity index (χ4v) is 5.95. The number of esters is 1. The maximum atomic E-state index is 13.2. The van der Waals surface area contributed by atoms with Crippen LogP contribution >= 0.6 is 23.1 Å². The molecule has 1 N–H and O–H groups in total. The fourth-order valence-electron chi connectivity index (χ4n) is 4.29. The van der Waals surface area contributed by atoms with Crippen LogP contribution in [0.25, 0.3) is 0 Å². The van der Waals surface area contributed by atoms with Gasteiger partial charge in [-0.15, -0.1) is 11.8 Å². The molecule has 1 aromatic heterocycles. The Morgan fingerprint density at radius 2 is 2.04 bits per heavy atom. The zero-order chi connectivity index (χ0) is 19.9. The molecule has 0 radical (unpaired) electrons. The van der Waals surface area contributed by atoms with Gasteiger partial charge in [0.15, 0.2) is 5.13 Å². The van der Waals surface area contributed by atoms with Gasteiger partial charge in [-0.2, -0.15) is 0 Å². The van der Waals surface area contributed by atoms with Crippen LogP contribution in [0.5, 0.6) is 0 Å². The molecule has 6 nitrogen and oxygen atoms in total. The average Bonchev–Trinajstić information content (AvgIpc) is 3.30. The highest BCUT2D eigenvalue weighted by atomic mass is 32.2. The van der Waals surface area contributed by atoms with Gasteiger partial charge in [-0.05, 0) is 44.9 Å². The summed E-state index contributed by atoms with van der Waals surface area (Å²) in [5.74, 6) is 0.720. The summed E-state index contributed by atoms with van der Waals surface area (Å²) in [6.07, 6.45) is 11.0. The highest BCUT2D eigenvalue weighted by Crippen LogP contribution is 2.35. The molecule has 2 fully saturated rings. The summed E-state index contributed by atoms with van der Waals surface area (Å²) < 4.78 is 5.85. The van der Waals surface area contributed by atoms with E-state index in [2.05, 4.69) is 22.1 Å². The predicted molar refractivity (Wildman–Crippen MR) is 114 cm³/mol. The molecule has 0 saturated heterocycles. The Bertz CT molecular complexity index is 656. The van der Waals surface area contributed by atoms with Gasteiger partial charge in [0.1, 0.15) is 0 Å². The third kappa shape index (κ3) is 5.86. The van der Waals surface area contributed by atoms with Crippen molar-refractivity contribution in [3.63, 3.8) is 0 Å². The Balaban J connectivity index is 1.60. The fraction of sp³-hybridized carbons (Fsp3) is 0.750. The van der Waals surface area contributed by atoms with Crippen molar-refractivity contribution in [3.8, 4) is 0 Å². The first-order chi connectivity index (χ1) is 13.6. The summed E-state index contributed by atoms with van der Waals surface area (Å²) in [6, 6.07) is 0.680. The number of nitrogens with one attached hydrogen (secondary N) is 1. The maximum absolute atomic E-state index is 13.2. The molecular formula is C20H31N3O3S2. The lowest BCUT2D eigenvalue weighted by atomic mass is 9.93. The Labute approximate surface area is 175 Å². The highest BCUT2D eigenvalue weighted by Gasteiger charge is 2.35. The molecule has 8 heteroatoms. The number of urea groups is 1. The van der Waals surface area contributed by atoms with Crippen molar-refractivity contribution in [2.75, 3.05) is 17.7 Å². The van der Waals surface area contributed by atoms with E-state index in [0.29, 0.717) is 29.7 Å². The second-order valence-electron chi connectivity index (χ2n) is 7.78. The molecule has 0 aliphatic heterocycles. The number of thiazole rings is 1. The predicted octanol–water partition coefficient (Wildman–Crippen LogP) is 5.15. The monoisotopic (exact) mass is 425 g/mol. The number of nitrogens with zero attached hydrogens (tertiary/aromatic N) is 2. The third-order valence-corrected chi connectivity index (χ3v) is 7.68. The summed E-state index contributed by atoms with van der Waals surface area (Å²) in [6.45, 7) is 4.47. The number of thioether (sulfide) groups is 1. The standard InChI is InChI=1S/C20H31N3O3S2/c1-3-26-17(24)13-27-18-12-21-19(28-18)22-20(25)23(15-7-5-4-6-8-15)16-10-9-14(2)11-16/h12,14-16H,3-11,13H2,1-2H3,(H,21,22,25). The molecule has 28 heavy (non-hydrogen) atoms. The minimum absolute atomic E-state index is 0.0118. The SMILES string of the molecule is CCOC(=O)CSc1cnc(NC(=O)N(C2CCCCC2)C2CCC(C)C2)s1. The summed E-state index contributed by atoms with van der Waals surface area (Å²) in [5.41, 5.74) is 0. The lowest BCUT2D eigenvalue weighted by Crippen LogP contribution is -2.49. The van der Waals surface area contributed by atoms with Crippen LogP contribution in [0.1, 0.15) is 65.2 Å². The number of hydrogen-bond donors (Lipinski definition) is 1. The molecule has 156 valence electrons. The summed E-state index contributed by atoms with van der Waals surface area (Å²) in [4.78, 5) is 31.1. The number of ether oxygens (including phenoxy) is 1. The molecule has 2 saturated carbocycles. The van der Waals surface area contributed by atoms with Crippen molar-refractivity contribution in [1.82, 2.24) is 9.88 Å². The van der Waals surface area contributed by atoms with Crippen LogP contribution < -0.4 is 5.32 Å². The van der Waals surface area contributed by atoms with E-state index < -0.39 is 0 Å². The van der Waals surface area contributed by atoms with E-state index >= 15 is 0 Å². The molecule has 0 aromatic carbocycles. The molecule has 0 bridgehead atoms. The summed E-state index contributed by atoms with van der Waals surface area (Å²) in [5, 5.41) is 3.63. The van der Waals surface area contributed by atoms with Gasteiger partial charge < -0.3 is 9.64 Å². The van der Waals surface area contributed by atoms with Gasteiger partial charge >= 0.3 is 12.0 Å². The molecule has 0 spiro atoms. The Morgan fingerprint density at radius 3 is 2.71 bits per heavy atom. The van der Waals surface area contributed by atoms with Gasteiger partial charge in [-0.3, -0.25) is 10.1 Å². The lowest BCUT2D eigenvalue weighted by molar-refractivity contribution is -0.139. The van der Waals surface area contributed by atoms with E-state index in [9.17, 15) is 9.59 Å². The Hall–Kier alpha value is -1.28. The van der Waals surface area contributed by atoms with Crippen molar-refractivity contribution >= 4 is 40.2 Å². The van der Waals surface area contributed by atoms with Gasteiger partial charge in [0.05, 0.1) is 22.8 Å². The molecule has 2 aliphatic carbocycles. The molecule has 2 amide bonds. The van der Waals surface area contributed by atoms with Crippen LogP contribution in [-0.2, 0) is 9.53 Å². The van der Waals surface area contributed by atoms with Crippen molar-refractivity contribution in [2.24, 2.45) is 5.92 Å². The second kappa shape index (κ2) is 10.5. The van der Waals surface area contributed by atoms with E-state index in [0.717, 1.165) is 29.9 Å². The molecule has 2 aliphatic rings. The molecule has 2 unspecified atom stereocenters. The van der Waals surface area contributed by atoms with Crippen LogP contribution in [0.4, 0.5) is 9.93 Å². The van der Waals surface area contributed by atoms with Crippen molar-refractivity contribution in [2.45, 2.75) is 81.5 Å². The van der Waals surface area contributed by atoms with E-state index in [4.69, 9.17) is 4.74 Å². The molecule has 3 rings (SSSR count). The van der Waals surface area contributed by atoms with E-state index in [1.54, 1.807) is 13.1 Å². The quantitative estimate of drug-likeness (QED) is 0.483. The van der Waals surface area contributed by atoms with Gasteiger partial charge in [0.2, 0.25) is 0 Å². The zero-order valence-corrected chi connectivity index (χ0v) is 18.4. The number of rotatable bonds is 7. The average molecular weight is 426 g/mol. The van der Waals surface area contributed by atoms with Crippen molar-refractivity contribution in [3.05, 3.63) is 6.20 Å². The normalized spacial score (nSPS) is 22.8. The van der Waals surface area contributed by atoms with Crippen LogP contribution in [0.2, 0.25) is 0 Å². The largest absolute Gasteiger partial charge is 0.465 e. The maximum Gasteiger partial charge on any atom is 0.324 e. The van der Waals surface area contributed by atoms with Gasteiger partial charge in [-0.1, -0.05) is 37.5 Å². The van der Waals surface area contributed by atoms with Crippen molar-refractivity contribution in [1.29, 1.82) is 0 Å². The van der Waals surface area contributed by atoms with Gasteiger partial charge in [0, 0.05) is 12.1 Å². The number of carbonyl (C=O) groups is 2. The number of aromatic nitrogens is 1. The zero-order valence-electron chi connectivity index (χ0n) is 16.8. The number of hydrogen-bond acceptors (Lipinski definition) is 6.